The first kappa shape index (κ1) is 22.8. The van der Waals surface area contributed by atoms with Crippen molar-refractivity contribution in [3.05, 3.63) is 34.9 Å². The topological polar surface area (TPSA) is 90.0 Å². The first-order valence-corrected chi connectivity index (χ1v) is 12.5. The minimum absolute atomic E-state index is 0.0146. The Balaban J connectivity index is 1.38. The molecule has 166 valence electrons. The van der Waals surface area contributed by atoms with Gasteiger partial charge in [0.15, 0.2) is 0 Å². The molecule has 30 heavy (non-hydrogen) atoms. The second kappa shape index (κ2) is 9.98. The molecule has 0 radical (unpaired) electrons. The van der Waals surface area contributed by atoms with Crippen LogP contribution in [0, 0.1) is 5.92 Å². The van der Waals surface area contributed by atoms with Crippen LogP contribution in [0.3, 0.4) is 0 Å². The van der Waals surface area contributed by atoms with E-state index in [-0.39, 0.29) is 24.3 Å². The molecule has 1 aromatic carbocycles. The lowest BCUT2D eigenvalue weighted by Gasteiger charge is -2.35. The van der Waals surface area contributed by atoms with E-state index in [1.54, 1.807) is 15.9 Å². The van der Waals surface area contributed by atoms with Crippen molar-refractivity contribution in [3.63, 3.8) is 0 Å². The van der Waals surface area contributed by atoms with Crippen molar-refractivity contribution < 1.29 is 18.0 Å². The summed E-state index contributed by atoms with van der Waals surface area (Å²) in [5, 5.41) is 3.55. The molecule has 0 bridgehead atoms. The Morgan fingerprint density at radius 3 is 2.23 bits per heavy atom. The Kier molecular flexibility index (Phi) is 7.60. The van der Waals surface area contributed by atoms with Crippen molar-refractivity contribution in [1.82, 2.24) is 19.4 Å². The number of piperazine rings is 1. The summed E-state index contributed by atoms with van der Waals surface area (Å²) in [6, 6.07) is 7.20. The number of carbonyl (C=O) groups excluding carboxylic acids is 2. The van der Waals surface area contributed by atoms with E-state index in [0.29, 0.717) is 50.8 Å². The molecule has 0 unspecified atom stereocenters. The number of amides is 3. The maximum atomic E-state index is 12.5. The first-order chi connectivity index (χ1) is 14.2. The number of nitrogens with zero attached hydrogens (tertiary/aromatic N) is 3. The Hall–Kier alpha value is -1.84. The Bertz CT molecular complexity index is 863. The highest BCUT2D eigenvalue weighted by molar-refractivity contribution is 7.88. The van der Waals surface area contributed by atoms with Crippen LogP contribution in [-0.2, 0) is 21.2 Å². The van der Waals surface area contributed by atoms with E-state index in [4.69, 9.17) is 11.6 Å². The second-order valence-electron chi connectivity index (χ2n) is 7.93. The van der Waals surface area contributed by atoms with Gasteiger partial charge in [-0.2, -0.15) is 0 Å². The van der Waals surface area contributed by atoms with Crippen LogP contribution >= 0.6 is 11.6 Å². The van der Waals surface area contributed by atoms with Gasteiger partial charge in [0, 0.05) is 50.8 Å². The van der Waals surface area contributed by atoms with E-state index < -0.39 is 10.0 Å². The summed E-state index contributed by atoms with van der Waals surface area (Å²) in [5.41, 5.74) is 0.811. The van der Waals surface area contributed by atoms with Crippen LogP contribution < -0.4 is 5.32 Å². The fourth-order valence-electron chi connectivity index (χ4n) is 3.86. The zero-order valence-electron chi connectivity index (χ0n) is 17.2. The number of piperidine rings is 1. The predicted molar refractivity (Wildman–Crippen MR) is 116 cm³/mol. The number of rotatable bonds is 5. The van der Waals surface area contributed by atoms with Gasteiger partial charge >= 0.3 is 6.03 Å². The molecule has 2 fully saturated rings. The van der Waals surface area contributed by atoms with Gasteiger partial charge in [0.2, 0.25) is 15.9 Å². The van der Waals surface area contributed by atoms with E-state index in [1.807, 2.05) is 18.2 Å². The molecule has 2 saturated heterocycles. The SMILES string of the molecule is CS(=O)(=O)N1CCC(CNC(=O)N2CCN(C(=O)Cc3ccccc3Cl)CC2)CC1. The molecular weight excluding hydrogens is 428 g/mol. The number of nitrogens with one attached hydrogen (secondary N) is 1. The third-order valence-electron chi connectivity index (χ3n) is 5.80. The lowest BCUT2D eigenvalue weighted by Crippen LogP contribution is -2.54. The van der Waals surface area contributed by atoms with Gasteiger partial charge in [0.25, 0.3) is 0 Å². The van der Waals surface area contributed by atoms with Crippen molar-refractivity contribution in [2.45, 2.75) is 19.3 Å². The second-order valence-corrected chi connectivity index (χ2v) is 10.3. The minimum Gasteiger partial charge on any atom is -0.339 e. The number of sulfonamides is 1. The largest absolute Gasteiger partial charge is 0.339 e. The molecular formula is C20H29ClN4O4S. The molecule has 10 heteroatoms. The summed E-state index contributed by atoms with van der Waals surface area (Å²) in [6.45, 7) is 3.55. The van der Waals surface area contributed by atoms with Crippen LogP contribution in [0.25, 0.3) is 0 Å². The predicted octanol–water partition coefficient (Wildman–Crippen LogP) is 1.41. The highest BCUT2D eigenvalue weighted by Gasteiger charge is 2.27. The first-order valence-electron chi connectivity index (χ1n) is 10.2. The third-order valence-corrected chi connectivity index (χ3v) is 7.48. The Labute approximate surface area is 183 Å². The molecule has 2 aliphatic rings. The van der Waals surface area contributed by atoms with Crippen LogP contribution in [0.4, 0.5) is 4.79 Å². The number of carbonyl (C=O) groups is 2. The lowest BCUT2D eigenvalue weighted by molar-refractivity contribution is -0.131. The Morgan fingerprint density at radius 1 is 1.03 bits per heavy atom. The summed E-state index contributed by atoms with van der Waals surface area (Å²) in [4.78, 5) is 28.5. The van der Waals surface area contributed by atoms with Crippen molar-refractivity contribution in [2.75, 3.05) is 52.1 Å². The number of benzene rings is 1. The molecule has 0 aliphatic carbocycles. The summed E-state index contributed by atoms with van der Waals surface area (Å²) in [5.74, 6) is 0.297. The van der Waals surface area contributed by atoms with Gasteiger partial charge in [-0.1, -0.05) is 29.8 Å². The lowest BCUT2D eigenvalue weighted by atomic mass is 9.98. The Morgan fingerprint density at radius 2 is 1.63 bits per heavy atom. The quantitative estimate of drug-likeness (QED) is 0.725. The van der Waals surface area contributed by atoms with Crippen LogP contribution in [0.15, 0.2) is 24.3 Å². The number of urea groups is 1. The van der Waals surface area contributed by atoms with Crippen LogP contribution in [-0.4, -0.2) is 86.5 Å². The van der Waals surface area contributed by atoms with Gasteiger partial charge in [-0.15, -0.1) is 0 Å². The molecule has 2 aliphatic heterocycles. The van der Waals surface area contributed by atoms with Gasteiger partial charge in [-0.3, -0.25) is 4.79 Å². The van der Waals surface area contributed by atoms with Crippen molar-refractivity contribution in [3.8, 4) is 0 Å². The average molecular weight is 457 g/mol. The summed E-state index contributed by atoms with van der Waals surface area (Å²) in [6.07, 6.45) is 2.99. The van der Waals surface area contributed by atoms with E-state index in [9.17, 15) is 18.0 Å². The molecule has 0 aromatic heterocycles. The van der Waals surface area contributed by atoms with Crippen LogP contribution in [0.2, 0.25) is 5.02 Å². The van der Waals surface area contributed by atoms with Gasteiger partial charge in [0.05, 0.1) is 12.7 Å². The maximum absolute atomic E-state index is 12.5. The summed E-state index contributed by atoms with van der Waals surface area (Å²) < 4.78 is 24.6. The molecule has 1 N–H and O–H groups in total. The van der Waals surface area contributed by atoms with Crippen molar-refractivity contribution in [2.24, 2.45) is 5.92 Å². The van der Waals surface area contributed by atoms with Gasteiger partial charge in [0.1, 0.15) is 0 Å². The molecule has 0 spiro atoms. The van der Waals surface area contributed by atoms with Crippen molar-refractivity contribution >= 4 is 33.6 Å². The van der Waals surface area contributed by atoms with Crippen LogP contribution in [0.1, 0.15) is 18.4 Å². The molecule has 0 saturated carbocycles. The smallest absolute Gasteiger partial charge is 0.317 e. The van der Waals surface area contributed by atoms with Crippen molar-refractivity contribution in [1.29, 1.82) is 0 Å². The number of hydrogen-bond acceptors (Lipinski definition) is 4. The highest BCUT2D eigenvalue weighted by Crippen LogP contribution is 2.19. The average Bonchev–Trinajstić information content (AvgIpc) is 2.73. The molecule has 8 nitrogen and oxygen atoms in total. The van der Waals surface area contributed by atoms with E-state index in [1.165, 1.54) is 10.6 Å². The fraction of sp³-hybridized carbons (Fsp3) is 0.600. The molecule has 0 atom stereocenters. The monoisotopic (exact) mass is 456 g/mol. The molecule has 3 amide bonds. The fourth-order valence-corrected chi connectivity index (χ4v) is 4.94. The molecule has 2 heterocycles. The molecule has 3 rings (SSSR count). The highest BCUT2D eigenvalue weighted by atomic mass is 35.5. The summed E-state index contributed by atoms with van der Waals surface area (Å²) >= 11 is 6.14. The zero-order chi connectivity index (χ0) is 21.7. The van der Waals surface area contributed by atoms with Gasteiger partial charge in [-0.25, -0.2) is 17.5 Å². The van der Waals surface area contributed by atoms with Gasteiger partial charge < -0.3 is 15.1 Å². The standard InChI is InChI=1S/C20H29ClN4O4S/c1-30(28,29)25-8-6-16(7-9-25)15-22-20(27)24-12-10-23(11-13-24)19(26)14-17-4-2-3-5-18(17)21/h2-5,16H,6-15H2,1H3,(H,22,27). The maximum Gasteiger partial charge on any atom is 0.317 e. The normalized spacial score (nSPS) is 19.0. The van der Waals surface area contributed by atoms with E-state index in [0.717, 1.165) is 18.4 Å². The van der Waals surface area contributed by atoms with Crippen LogP contribution in [0.5, 0.6) is 0 Å². The molecule has 1 aromatic rings. The zero-order valence-corrected chi connectivity index (χ0v) is 18.8. The number of hydrogen-bond donors (Lipinski definition) is 1. The minimum atomic E-state index is -3.13. The van der Waals surface area contributed by atoms with E-state index >= 15 is 0 Å². The van der Waals surface area contributed by atoms with E-state index in [2.05, 4.69) is 5.32 Å². The number of halogens is 1. The summed E-state index contributed by atoms with van der Waals surface area (Å²) in [7, 11) is -3.13. The third kappa shape index (κ3) is 6.09. The van der Waals surface area contributed by atoms with Gasteiger partial charge in [-0.05, 0) is 30.4 Å².